The first-order chi connectivity index (χ1) is 13.5. The summed E-state index contributed by atoms with van der Waals surface area (Å²) in [6.45, 7) is 0. The van der Waals surface area contributed by atoms with Gasteiger partial charge in [-0.05, 0) is 48.0 Å². The summed E-state index contributed by atoms with van der Waals surface area (Å²) in [7, 11) is 0. The fraction of sp³-hybridized carbons (Fsp3) is 0.0476. The number of nitriles is 1. The molecule has 4 rings (SSSR count). The summed E-state index contributed by atoms with van der Waals surface area (Å²) in [5.74, 6) is -1.27. The number of hydrogen-bond acceptors (Lipinski definition) is 4. The van der Waals surface area contributed by atoms with Gasteiger partial charge in [0.1, 0.15) is 5.69 Å². The lowest BCUT2D eigenvalue weighted by Crippen LogP contribution is -2.15. The number of aliphatic imine (C=N–C) groups is 1. The Kier molecular flexibility index (Phi) is 4.22. The largest absolute Gasteiger partial charge is 0.477 e. The molecule has 2 N–H and O–H groups in total. The molecule has 28 heavy (non-hydrogen) atoms. The number of carbonyl (C=O) groups is 2. The SMILES string of the molecule is N#Cc1cccc(C2=Nc3ccc(-n4cccc4C(=O)O)cc3NC(=O)C2)c1. The van der Waals surface area contributed by atoms with Crippen molar-refractivity contribution in [3.63, 3.8) is 0 Å². The molecule has 0 unspecified atom stereocenters. The summed E-state index contributed by atoms with van der Waals surface area (Å²) in [4.78, 5) is 28.4. The molecule has 7 nitrogen and oxygen atoms in total. The predicted octanol–water partition coefficient (Wildman–Crippen LogP) is 3.51. The van der Waals surface area contributed by atoms with Gasteiger partial charge in [0.15, 0.2) is 0 Å². The second kappa shape index (κ2) is 6.85. The number of amides is 1. The molecule has 0 radical (unpaired) electrons. The summed E-state index contributed by atoms with van der Waals surface area (Å²) >= 11 is 0. The molecular formula is C21H14N4O3. The van der Waals surface area contributed by atoms with E-state index >= 15 is 0 Å². The van der Waals surface area contributed by atoms with Crippen molar-refractivity contribution in [1.82, 2.24) is 4.57 Å². The standard InChI is InChI=1S/C21H14N4O3/c22-12-13-3-1-4-14(9-13)17-11-20(26)24-18-10-15(6-7-16(18)23-17)25-8-2-5-19(25)21(27)28/h1-10H,11H2,(H,24,26)(H,27,28). The fourth-order valence-corrected chi connectivity index (χ4v) is 3.12. The van der Waals surface area contributed by atoms with Crippen molar-refractivity contribution in [2.75, 3.05) is 5.32 Å². The van der Waals surface area contributed by atoms with Gasteiger partial charge in [0.2, 0.25) is 5.91 Å². The minimum absolute atomic E-state index is 0.0722. The number of anilines is 1. The van der Waals surface area contributed by atoms with Gasteiger partial charge >= 0.3 is 5.97 Å². The minimum atomic E-state index is -1.04. The molecule has 0 atom stereocenters. The second-order valence-electron chi connectivity index (χ2n) is 6.25. The highest BCUT2D eigenvalue weighted by molar-refractivity contribution is 6.17. The molecule has 2 heterocycles. The minimum Gasteiger partial charge on any atom is -0.477 e. The van der Waals surface area contributed by atoms with Crippen LogP contribution in [0.3, 0.4) is 0 Å². The number of aromatic nitrogens is 1. The summed E-state index contributed by atoms with van der Waals surface area (Å²) in [6, 6.07) is 17.4. The average molecular weight is 370 g/mol. The zero-order valence-corrected chi connectivity index (χ0v) is 14.6. The zero-order chi connectivity index (χ0) is 19.7. The third-order valence-electron chi connectivity index (χ3n) is 4.41. The van der Waals surface area contributed by atoms with E-state index in [9.17, 15) is 14.7 Å². The van der Waals surface area contributed by atoms with Gasteiger partial charge < -0.3 is 15.0 Å². The van der Waals surface area contributed by atoms with Crippen LogP contribution in [0, 0.1) is 11.3 Å². The number of hydrogen-bond donors (Lipinski definition) is 2. The number of carbonyl (C=O) groups excluding carboxylic acids is 1. The van der Waals surface area contributed by atoms with Crippen molar-refractivity contribution >= 4 is 29.0 Å². The number of aromatic carboxylic acids is 1. The smallest absolute Gasteiger partial charge is 0.352 e. The van der Waals surface area contributed by atoms with Crippen molar-refractivity contribution in [3.8, 4) is 11.8 Å². The van der Waals surface area contributed by atoms with E-state index in [0.29, 0.717) is 33.9 Å². The molecule has 1 aromatic heterocycles. The first-order valence-corrected chi connectivity index (χ1v) is 8.48. The average Bonchev–Trinajstić information content (AvgIpc) is 3.12. The molecule has 0 aliphatic carbocycles. The van der Waals surface area contributed by atoms with Gasteiger partial charge in [0, 0.05) is 11.9 Å². The molecule has 1 amide bonds. The van der Waals surface area contributed by atoms with E-state index in [-0.39, 0.29) is 18.0 Å². The highest BCUT2D eigenvalue weighted by Gasteiger charge is 2.19. The molecule has 0 saturated carbocycles. The number of fused-ring (bicyclic) bond motifs is 1. The van der Waals surface area contributed by atoms with Crippen LogP contribution in [0.5, 0.6) is 0 Å². The Bertz CT molecular complexity index is 1180. The maximum Gasteiger partial charge on any atom is 0.352 e. The van der Waals surface area contributed by atoms with Crippen LogP contribution in [0.15, 0.2) is 65.8 Å². The Morgan fingerprint density at radius 1 is 1.18 bits per heavy atom. The van der Waals surface area contributed by atoms with E-state index in [1.807, 2.05) is 6.07 Å². The molecule has 2 aromatic carbocycles. The molecule has 3 aromatic rings. The number of carboxylic acids is 1. The summed E-state index contributed by atoms with van der Waals surface area (Å²) in [5, 5.41) is 21.2. The molecule has 0 bridgehead atoms. The highest BCUT2D eigenvalue weighted by Crippen LogP contribution is 2.32. The van der Waals surface area contributed by atoms with E-state index in [1.54, 1.807) is 48.7 Å². The van der Waals surface area contributed by atoms with Crippen LogP contribution in [0.4, 0.5) is 11.4 Å². The molecule has 1 aliphatic heterocycles. The van der Waals surface area contributed by atoms with Gasteiger partial charge in [-0.3, -0.25) is 9.79 Å². The van der Waals surface area contributed by atoms with Gasteiger partial charge in [0.05, 0.1) is 35.1 Å². The summed E-state index contributed by atoms with van der Waals surface area (Å²) < 4.78 is 1.53. The Morgan fingerprint density at radius 2 is 2.04 bits per heavy atom. The van der Waals surface area contributed by atoms with E-state index < -0.39 is 5.97 Å². The maximum absolute atomic E-state index is 12.4. The third kappa shape index (κ3) is 3.15. The molecule has 0 spiro atoms. The molecule has 7 heteroatoms. The maximum atomic E-state index is 12.4. The first kappa shape index (κ1) is 17.2. The Labute approximate surface area is 160 Å². The number of nitrogens with one attached hydrogen (secondary N) is 1. The van der Waals surface area contributed by atoms with Crippen LogP contribution in [-0.4, -0.2) is 27.3 Å². The zero-order valence-electron chi connectivity index (χ0n) is 14.6. The fourth-order valence-electron chi connectivity index (χ4n) is 3.12. The van der Waals surface area contributed by atoms with Gasteiger partial charge in [-0.1, -0.05) is 12.1 Å². The van der Waals surface area contributed by atoms with Crippen LogP contribution in [0.25, 0.3) is 5.69 Å². The van der Waals surface area contributed by atoms with Crippen LogP contribution in [-0.2, 0) is 4.79 Å². The van der Waals surface area contributed by atoms with Gasteiger partial charge in [-0.15, -0.1) is 0 Å². The monoisotopic (exact) mass is 370 g/mol. The van der Waals surface area contributed by atoms with E-state index in [2.05, 4.69) is 16.4 Å². The first-order valence-electron chi connectivity index (χ1n) is 8.48. The van der Waals surface area contributed by atoms with E-state index in [4.69, 9.17) is 5.26 Å². The van der Waals surface area contributed by atoms with Crippen LogP contribution in [0.1, 0.15) is 28.0 Å². The summed E-state index contributed by atoms with van der Waals surface area (Å²) in [6.07, 6.45) is 1.72. The lowest BCUT2D eigenvalue weighted by molar-refractivity contribution is -0.115. The number of carboxylic acid groups (broad SMARTS) is 1. The van der Waals surface area contributed by atoms with E-state index in [0.717, 1.165) is 0 Å². The Morgan fingerprint density at radius 3 is 2.82 bits per heavy atom. The van der Waals surface area contributed by atoms with E-state index in [1.165, 1.54) is 10.6 Å². The molecule has 136 valence electrons. The highest BCUT2D eigenvalue weighted by atomic mass is 16.4. The third-order valence-corrected chi connectivity index (χ3v) is 4.41. The molecule has 1 aliphatic rings. The van der Waals surface area contributed by atoms with Crippen LogP contribution < -0.4 is 5.32 Å². The molecular weight excluding hydrogens is 356 g/mol. The van der Waals surface area contributed by atoms with Crippen molar-refractivity contribution in [1.29, 1.82) is 5.26 Å². The van der Waals surface area contributed by atoms with Crippen LogP contribution >= 0.6 is 0 Å². The molecule has 0 fully saturated rings. The number of rotatable bonds is 3. The Hall–Kier alpha value is -4.18. The second-order valence-corrected chi connectivity index (χ2v) is 6.25. The van der Waals surface area contributed by atoms with Gasteiger partial charge in [0.25, 0.3) is 0 Å². The van der Waals surface area contributed by atoms with Crippen molar-refractivity contribution in [2.45, 2.75) is 6.42 Å². The topological polar surface area (TPSA) is 107 Å². The normalized spacial score (nSPS) is 13.0. The predicted molar refractivity (Wildman–Crippen MR) is 103 cm³/mol. The van der Waals surface area contributed by atoms with Crippen molar-refractivity contribution in [3.05, 3.63) is 77.6 Å². The lowest BCUT2D eigenvalue weighted by Gasteiger charge is -2.10. The quantitative estimate of drug-likeness (QED) is 0.735. The number of benzene rings is 2. The summed E-state index contributed by atoms with van der Waals surface area (Å²) in [5.41, 5.74) is 3.56. The van der Waals surface area contributed by atoms with Gasteiger partial charge in [-0.25, -0.2) is 4.79 Å². The number of nitrogens with zero attached hydrogens (tertiary/aromatic N) is 3. The molecule has 0 saturated heterocycles. The lowest BCUT2D eigenvalue weighted by atomic mass is 10.0. The Balaban J connectivity index is 1.79. The van der Waals surface area contributed by atoms with Crippen LogP contribution in [0.2, 0.25) is 0 Å². The van der Waals surface area contributed by atoms with Gasteiger partial charge in [-0.2, -0.15) is 5.26 Å². The van der Waals surface area contributed by atoms with Crippen molar-refractivity contribution < 1.29 is 14.7 Å². The van der Waals surface area contributed by atoms with Crippen molar-refractivity contribution in [2.24, 2.45) is 4.99 Å².